The van der Waals surface area contributed by atoms with Gasteiger partial charge in [-0.15, -0.1) is 0 Å². The predicted molar refractivity (Wildman–Crippen MR) is 76.2 cm³/mol. The van der Waals surface area contributed by atoms with Gasteiger partial charge in [0.25, 0.3) is 0 Å². The first-order valence-electron chi connectivity index (χ1n) is 5.76. The molecular formula is C14H11ClN4. The van der Waals surface area contributed by atoms with E-state index in [-0.39, 0.29) is 0 Å². The van der Waals surface area contributed by atoms with Crippen molar-refractivity contribution in [2.45, 2.75) is 0 Å². The zero-order chi connectivity index (χ0) is 13.2. The number of rotatable bonds is 2. The zero-order valence-electron chi connectivity index (χ0n) is 9.99. The van der Waals surface area contributed by atoms with Crippen LogP contribution >= 0.6 is 11.6 Å². The summed E-state index contributed by atoms with van der Waals surface area (Å²) in [6.07, 6.45) is 3.44. The smallest absolute Gasteiger partial charge is 0.127 e. The molecule has 0 saturated heterocycles. The van der Waals surface area contributed by atoms with Gasteiger partial charge in [0.05, 0.1) is 16.4 Å². The molecule has 0 spiro atoms. The molecule has 0 amide bonds. The average molecular weight is 271 g/mol. The van der Waals surface area contributed by atoms with E-state index in [1.807, 2.05) is 42.5 Å². The molecule has 0 aliphatic carbocycles. The van der Waals surface area contributed by atoms with Gasteiger partial charge in [-0.3, -0.25) is 4.98 Å². The van der Waals surface area contributed by atoms with Gasteiger partial charge in [0.1, 0.15) is 5.82 Å². The summed E-state index contributed by atoms with van der Waals surface area (Å²) in [4.78, 5) is 3.99. The van der Waals surface area contributed by atoms with Crippen LogP contribution in [0, 0.1) is 0 Å². The Morgan fingerprint density at radius 1 is 1.05 bits per heavy atom. The fraction of sp³-hybridized carbons (Fsp3) is 0. The molecule has 2 heterocycles. The Hall–Kier alpha value is -2.33. The maximum Gasteiger partial charge on any atom is 0.127 e. The summed E-state index contributed by atoms with van der Waals surface area (Å²) in [6, 6.07) is 13.0. The van der Waals surface area contributed by atoms with Crippen molar-refractivity contribution in [2.75, 3.05) is 5.73 Å². The lowest BCUT2D eigenvalue weighted by Crippen LogP contribution is -2.02. The Labute approximate surface area is 115 Å². The molecule has 0 unspecified atom stereocenters. The van der Waals surface area contributed by atoms with Crippen molar-refractivity contribution in [3.8, 4) is 16.9 Å². The molecule has 0 bridgehead atoms. The third-order valence-corrected chi connectivity index (χ3v) is 3.11. The van der Waals surface area contributed by atoms with Gasteiger partial charge in [0, 0.05) is 24.0 Å². The molecule has 5 heteroatoms. The quantitative estimate of drug-likeness (QED) is 0.778. The van der Waals surface area contributed by atoms with Crippen LogP contribution in [-0.4, -0.2) is 14.8 Å². The minimum absolute atomic E-state index is 0.542. The highest BCUT2D eigenvalue weighted by Gasteiger charge is 2.10. The largest absolute Gasteiger partial charge is 0.384 e. The summed E-state index contributed by atoms with van der Waals surface area (Å²) < 4.78 is 1.64. The first-order valence-corrected chi connectivity index (χ1v) is 6.14. The van der Waals surface area contributed by atoms with E-state index < -0.39 is 0 Å². The molecule has 0 aliphatic heterocycles. The van der Waals surface area contributed by atoms with Crippen molar-refractivity contribution in [3.05, 3.63) is 59.9 Å². The van der Waals surface area contributed by atoms with Gasteiger partial charge in [-0.1, -0.05) is 23.7 Å². The topological polar surface area (TPSA) is 56.7 Å². The molecule has 2 aromatic heterocycles. The van der Waals surface area contributed by atoms with E-state index in [2.05, 4.69) is 10.1 Å². The van der Waals surface area contributed by atoms with Crippen LogP contribution in [-0.2, 0) is 0 Å². The number of benzene rings is 1. The molecule has 1 aromatic carbocycles. The van der Waals surface area contributed by atoms with Crippen molar-refractivity contribution in [3.63, 3.8) is 0 Å². The molecule has 3 aromatic rings. The van der Waals surface area contributed by atoms with Gasteiger partial charge in [-0.05, 0) is 24.3 Å². The Morgan fingerprint density at radius 2 is 1.79 bits per heavy atom. The zero-order valence-corrected chi connectivity index (χ0v) is 10.7. The molecule has 19 heavy (non-hydrogen) atoms. The summed E-state index contributed by atoms with van der Waals surface area (Å²) in [5.74, 6) is 0.542. The monoisotopic (exact) mass is 270 g/mol. The SMILES string of the molecule is Nc1cc(-c2ccncc2)nn1-c1ccccc1Cl. The number of anilines is 1. The normalized spacial score (nSPS) is 10.6. The number of para-hydroxylation sites is 1. The number of hydrogen-bond donors (Lipinski definition) is 1. The lowest BCUT2D eigenvalue weighted by molar-refractivity contribution is 0.895. The second-order valence-electron chi connectivity index (χ2n) is 4.05. The van der Waals surface area contributed by atoms with E-state index in [9.17, 15) is 0 Å². The van der Waals surface area contributed by atoms with Crippen molar-refractivity contribution < 1.29 is 0 Å². The maximum absolute atomic E-state index is 6.16. The minimum Gasteiger partial charge on any atom is -0.384 e. The van der Waals surface area contributed by atoms with E-state index in [0.29, 0.717) is 10.8 Å². The fourth-order valence-electron chi connectivity index (χ4n) is 1.88. The third-order valence-electron chi connectivity index (χ3n) is 2.79. The number of pyridine rings is 1. The highest BCUT2D eigenvalue weighted by molar-refractivity contribution is 6.32. The first-order chi connectivity index (χ1) is 9.25. The summed E-state index contributed by atoms with van der Waals surface area (Å²) in [6.45, 7) is 0. The van der Waals surface area contributed by atoms with Crippen molar-refractivity contribution >= 4 is 17.4 Å². The minimum atomic E-state index is 0.542. The van der Waals surface area contributed by atoms with Crippen LogP contribution in [0.1, 0.15) is 0 Å². The summed E-state index contributed by atoms with van der Waals surface area (Å²) in [5, 5.41) is 5.10. The summed E-state index contributed by atoms with van der Waals surface area (Å²) in [5.41, 5.74) is 8.53. The number of nitrogens with zero attached hydrogens (tertiary/aromatic N) is 3. The molecule has 0 atom stereocenters. The van der Waals surface area contributed by atoms with E-state index in [1.54, 1.807) is 17.1 Å². The second kappa shape index (κ2) is 4.74. The van der Waals surface area contributed by atoms with Gasteiger partial charge in [-0.25, -0.2) is 4.68 Å². The molecule has 0 saturated carbocycles. The van der Waals surface area contributed by atoms with Crippen LogP contribution < -0.4 is 5.73 Å². The lowest BCUT2D eigenvalue weighted by Gasteiger charge is -2.05. The van der Waals surface area contributed by atoms with E-state index in [0.717, 1.165) is 16.9 Å². The molecule has 0 fully saturated rings. The number of nitrogen functional groups attached to an aromatic ring is 1. The third kappa shape index (κ3) is 2.18. The average Bonchev–Trinajstić information content (AvgIpc) is 2.82. The van der Waals surface area contributed by atoms with Crippen LogP contribution in [0.15, 0.2) is 54.9 Å². The van der Waals surface area contributed by atoms with E-state index >= 15 is 0 Å². The molecule has 4 nitrogen and oxygen atoms in total. The van der Waals surface area contributed by atoms with Crippen LogP contribution in [0.5, 0.6) is 0 Å². The number of hydrogen-bond acceptors (Lipinski definition) is 3. The van der Waals surface area contributed by atoms with Crippen LogP contribution in [0.4, 0.5) is 5.82 Å². The molecule has 94 valence electrons. The van der Waals surface area contributed by atoms with Crippen LogP contribution in [0.3, 0.4) is 0 Å². The molecule has 0 aliphatic rings. The van der Waals surface area contributed by atoms with Crippen LogP contribution in [0.2, 0.25) is 5.02 Å². The highest BCUT2D eigenvalue weighted by atomic mass is 35.5. The lowest BCUT2D eigenvalue weighted by atomic mass is 10.2. The number of aromatic nitrogens is 3. The van der Waals surface area contributed by atoms with Crippen molar-refractivity contribution in [2.24, 2.45) is 0 Å². The molecule has 2 N–H and O–H groups in total. The van der Waals surface area contributed by atoms with Gasteiger partial charge < -0.3 is 5.73 Å². The second-order valence-corrected chi connectivity index (χ2v) is 4.46. The van der Waals surface area contributed by atoms with Gasteiger partial charge in [0.2, 0.25) is 0 Å². The highest BCUT2D eigenvalue weighted by Crippen LogP contribution is 2.26. The Bertz CT molecular complexity index is 706. The van der Waals surface area contributed by atoms with Gasteiger partial charge >= 0.3 is 0 Å². The molecular weight excluding hydrogens is 260 g/mol. The van der Waals surface area contributed by atoms with Gasteiger partial charge in [0.15, 0.2) is 0 Å². The Kier molecular flexibility index (Phi) is 2.93. The Morgan fingerprint density at radius 3 is 2.53 bits per heavy atom. The van der Waals surface area contributed by atoms with Crippen molar-refractivity contribution in [1.82, 2.24) is 14.8 Å². The number of nitrogens with two attached hydrogens (primary N) is 1. The fourth-order valence-corrected chi connectivity index (χ4v) is 2.09. The van der Waals surface area contributed by atoms with E-state index in [1.165, 1.54) is 0 Å². The van der Waals surface area contributed by atoms with Crippen LogP contribution in [0.25, 0.3) is 16.9 Å². The molecule has 0 radical (unpaired) electrons. The Balaban J connectivity index is 2.11. The van der Waals surface area contributed by atoms with E-state index in [4.69, 9.17) is 17.3 Å². The maximum atomic E-state index is 6.16. The van der Waals surface area contributed by atoms with Gasteiger partial charge in [-0.2, -0.15) is 5.10 Å². The first kappa shape index (κ1) is 11.7. The number of halogens is 1. The summed E-state index contributed by atoms with van der Waals surface area (Å²) in [7, 11) is 0. The standard InChI is InChI=1S/C14H11ClN4/c15-11-3-1-2-4-13(11)19-14(16)9-12(18-19)10-5-7-17-8-6-10/h1-9H,16H2. The summed E-state index contributed by atoms with van der Waals surface area (Å²) >= 11 is 6.16. The predicted octanol–water partition coefficient (Wildman–Crippen LogP) is 3.17. The van der Waals surface area contributed by atoms with Crippen molar-refractivity contribution in [1.29, 1.82) is 0 Å². The molecule has 3 rings (SSSR count).